The van der Waals surface area contributed by atoms with Crippen LogP contribution in [-0.2, 0) is 0 Å². The van der Waals surface area contributed by atoms with E-state index in [1.165, 1.54) is 6.33 Å². The van der Waals surface area contributed by atoms with Gasteiger partial charge in [-0.2, -0.15) is 0 Å². The van der Waals surface area contributed by atoms with Gasteiger partial charge < -0.3 is 10.2 Å². The molecule has 19 heavy (non-hydrogen) atoms. The van der Waals surface area contributed by atoms with Crippen LogP contribution in [0.1, 0.15) is 50.5 Å². The van der Waals surface area contributed by atoms with Gasteiger partial charge in [0.05, 0.1) is 0 Å². The summed E-state index contributed by atoms with van der Waals surface area (Å²) < 4.78 is 0. The zero-order valence-corrected chi connectivity index (χ0v) is 12.3. The van der Waals surface area contributed by atoms with Crippen LogP contribution in [0.5, 0.6) is 0 Å². The van der Waals surface area contributed by atoms with Gasteiger partial charge in [0.2, 0.25) is 0 Å². The molecule has 5 nitrogen and oxygen atoms in total. The normalized spacial score (nSPS) is 12.0. The Morgan fingerprint density at radius 3 is 2.79 bits per heavy atom. The van der Waals surface area contributed by atoms with Gasteiger partial charge in [0, 0.05) is 25.7 Å². The number of unbranched alkanes of at least 4 members (excludes halogenated alkanes) is 1. The molecule has 0 aliphatic heterocycles. The lowest BCUT2D eigenvalue weighted by atomic mass is 10.2. The Hall–Kier alpha value is -1.65. The summed E-state index contributed by atoms with van der Waals surface area (Å²) in [6.45, 7) is 7.10. The second kappa shape index (κ2) is 7.71. The van der Waals surface area contributed by atoms with E-state index in [0.717, 1.165) is 31.6 Å². The maximum atomic E-state index is 12.0. The quantitative estimate of drug-likeness (QED) is 0.820. The summed E-state index contributed by atoms with van der Waals surface area (Å²) in [6, 6.07) is 1.90. The minimum absolute atomic E-state index is 0.137. The number of nitrogens with one attached hydrogen (secondary N) is 1. The van der Waals surface area contributed by atoms with Gasteiger partial charge in [-0.3, -0.25) is 4.79 Å². The lowest BCUT2D eigenvalue weighted by Crippen LogP contribution is -2.32. The van der Waals surface area contributed by atoms with Crippen LogP contribution >= 0.6 is 0 Å². The Morgan fingerprint density at radius 2 is 2.16 bits per heavy atom. The molecule has 0 aromatic carbocycles. The SMILES string of the molecule is CCCCN(C)c1cc(C(=O)NC(C)CC)ncn1. The summed E-state index contributed by atoms with van der Waals surface area (Å²) in [5.41, 5.74) is 0.425. The number of nitrogens with zero attached hydrogens (tertiary/aromatic N) is 3. The van der Waals surface area contributed by atoms with Crippen molar-refractivity contribution < 1.29 is 4.79 Å². The number of rotatable bonds is 7. The van der Waals surface area contributed by atoms with Crippen molar-refractivity contribution in [3.63, 3.8) is 0 Å². The highest BCUT2D eigenvalue weighted by molar-refractivity contribution is 5.93. The first-order valence-electron chi connectivity index (χ1n) is 6.92. The maximum Gasteiger partial charge on any atom is 0.270 e. The van der Waals surface area contributed by atoms with Crippen LogP contribution in [0.4, 0.5) is 5.82 Å². The molecule has 1 aromatic heterocycles. The molecule has 106 valence electrons. The number of anilines is 1. The highest BCUT2D eigenvalue weighted by Crippen LogP contribution is 2.10. The van der Waals surface area contributed by atoms with Crippen molar-refractivity contribution in [1.29, 1.82) is 0 Å². The van der Waals surface area contributed by atoms with Gasteiger partial charge in [-0.1, -0.05) is 20.3 Å². The van der Waals surface area contributed by atoms with Gasteiger partial charge in [-0.15, -0.1) is 0 Å². The van der Waals surface area contributed by atoms with Crippen molar-refractivity contribution in [3.05, 3.63) is 18.1 Å². The van der Waals surface area contributed by atoms with E-state index < -0.39 is 0 Å². The van der Waals surface area contributed by atoms with Gasteiger partial charge in [0.15, 0.2) is 0 Å². The third kappa shape index (κ3) is 4.85. The molecule has 1 N–H and O–H groups in total. The molecular formula is C14H24N4O. The zero-order chi connectivity index (χ0) is 14.3. The minimum Gasteiger partial charge on any atom is -0.360 e. The van der Waals surface area contributed by atoms with E-state index in [1.807, 2.05) is 25.8 Å². The van der Waals surface area contributed by atoms with E-state index in [0.29, 0.717) is 5.69 Å². The molecule has 0 radical (unpaired) electrons. The van der Waals surface area contributed by atoms with E-state index in [-0.39, 0.29) is 11.9 Å². The fraction of sp³-hybridized carbons (Fsp3) is 0.643. The smallest absolute Gasteiger partial charge is 0.270 e. The van der Waals surface area contributed by atoms with Crippen molar-refractivity contribution in [2.45, 2.75) is 46.1 Å². The van der Waals surface area contributed by atoms with Gasteiger partial charge in [-0.25, -0.2) is 9.97 Å². The average Bonchev–Trinajstić information content (AvgIpc) is 2.44. The molecule has 0 bridgehead atoms. The van der Waals surface area contributed by atoms with Crippen molar-refractivity contribution >= 4 is 11.7 Å². The fourth-order valence-electron chi connectivity index (χ4n) is 1.59. The molecule has 1 aromatic rings. The largest absolute Gasteiger partial charge is 0.360 e. The molecule has 0 aliphatic carbocycles. The highest BCUT2D eigenvalue weighted by atomic mass is 16.1. The first-order chi connectivity index (χ1) is 9.08. The first-order valence-corrected chi connectivity index (χ1v) is 6.92. The summed E-state index contributed by atoms with van der Waals surface area (Å²) in [7, 11) is 1.98. The lowest BCUT2D eigenvalue weighted by Gasteiger charge is -2.18. The fourth-order valence-corrected chi connectivity index (χ4v) is 1.59. The Morgan fingerprint density at radius 1 is 1.42 bits per heavy atom. The van der Waals surface area contributed by atoms with Crippen LogP contribution in [0.3, 0.4) is 0 Å². The topological polar surface area (TPSA) is 58.1 Å². The van der Waals surface area contributed by atoms with Crippen LogP contribution in [0.2, 0.25) is 0 Å². The second-order valence-electron chi connectivity index (χ2n) is 4.82. The van der Waals surface area contributed by atoms with E-state index in [2.05, 4.69) is 22.2 Å². The number of carbonyl (C=O) groups is 1. The maximum absolute atomic E-state index is 12.0. The molecule has 0 saturated carbocycles. The predicted octanol–water partition coefficient (Wildman–Crippen LogP) is 2.24. The molecule has 1 atom stereocenters. The Balaban J connectivity index is 2.73. The number of aromatic nitrogens is 2. The van der Waals surface area contributed by atoms with Gasteiger partial charge in [0.25, 0.3) is 5.91 Å². The first kappa shape index (κ1) is 15.4. The van der Waals surface area contributed by atoms with E-state index in [4.69, 9.17) is 0 Å². The molecule has 0 saturated heterocycles. The van der Waals surface area contributed by atoms with E-state index >= 15 is 0 Å². The second-order valence-corrected chi connectivity index (χ2v) is 4.82. The molecule has 1 amide bonds. The van der Waals surface area contributed by atoms with Gasteiger partial charge in [-0.05, 0) is 19.8 Å². The van der Waals surface area contributed by atoms with Crippen LogP contribution < -0.4 is 10.2 Å². The van der Waals surface area contributed by atoms with E-state index in [9.17, 15) is 4.79 Å². The van der Waals surface area contributed by atoms with Crippen molar-refractivity contribution in [1.82, 2.24) is 15.3 Å². The van der Waals surface area contributed by atoms with Crippen LogP contribution in [-0.4, -0.2) is 35.5 Å². The summed E-state index contributed by atoms with van der Waals surface area (Å²) in [5.74, 6) is 0.652. The number of amides is 1. The Bertz CT molecular complexity index is 408. The Labute approximate surface area is 115 Å². The number of hydrogen-bond donors (Lipinski definition) is 1. The summed E-state index contributed by atoms with van der Waals surface area (Å²) in [6.07, 6.45) is 4.59. The average molecular weight is 264 g/mol. The molecule has 0 aliphatic rings. The summed E-state index contributed by atoms with van der Waals surface area (Å²) >= 11 is 0. The summed E-state index contributed by atoms with van der Waals surface area (Å²) in [4.78, 5) is 22.3. The van der Waals surface area contributed by atoms with Crippen molar-refractivity contribution in [3.8, 4) is 0 Å². The predicted molar refractivity (Wildman–Crippen MR) is 77.4 cm³/mol. The van der Waals surface area contributed by atoms with Gasteiger partial charge in [0.1, 0.15) is 17.8 Å². The molecule has 0 fully saturated rings. The van der Waals surface area contributed by atoms with Crippen LogP contribution in [0.25, 0.3) is 0 Å². The molecule has 0 spiro atoms. The standard InChI is InChI=1S/C14H24N4O/c1-5-7-8-18(4)13-9-12(15-10-16-13)14(19)17-11(3)6-2/h9-11H,5-8H2,1-4H3,(H,17,19). The Kier molecular flexibility index (Phi) is 6.25. The van der Waals surface area contributed by atoms with E-state index in [1.54, 1.807) is 6.07 Å². The monoisotopic (exact) mass is 264 g/mol. The number of hydrogen-bond acceptors (Lipinski definition) is 4. The molecule has 5 heteroatoms. The molecule has 1 unspecified atom stereocenters. The number of carbonyl (C=O) groups excluding carboxylic acids is 1. The third-order valence-corrected chi connectivity index (χ3v) is 3.11. The minimum atomic E-state index is -0.137. The molecular weight excluding hydrogens is 240 g/mol. The zero-order valence-electron chi connectivity index (χ0n) is 12.3. The van der Waals surface area contributed by atoms with Crippen molar-refractivity contribution in [2.75, 3.05) is 18.5 Å². The van der Waals surface area contributed by atoms with Crippen LogP contribution in [0.15, 0.2) is 12.4 Å². The van der Waals surface area contributed by atoms with Crippen LogP contribution in [0, 0.1) is 0 Å². The lowest BCUT2D eigenvalue weighted by molar-refractivity contribution is 0.0934. The van der Waals surface area contributed by atoms with Gasteiger partial charge >= 0.3 is 0 Å². The third-order valence-electron chi connectivity index (χ3n) is 3.11. The summed E-state index contributed by atoms with van der Waals surface area (Å²) in [5, 5.41) is 2.91. The molecule has 1 rings (SSSR count). The van der Waals surface area contributed by atoms with Crippen molar-refractivity contribution in [2.24, 2.45) is 0 Å². The highest BCUT2D eigenvalue weighted by Gasteiger charge is 2.12. The molecule has 1 heterocycles.